The summed E-state index contributed by atoms with van der Waals surface area (Å²) in [5.41, 5.74) is 11.7. The normalized spacial score (nSPS) is 12.1. The highest BCUT2D eigenvalue weighted by Gasteiger charge is 2.11. The molecule has 0 amide bonds. The minimum absolute atomic E-state index is 0.318. The lowest BCUT2D eigenvalue weighted by atomic mass is 10.1. The third-order valence-electron chi connectivity index (χ3n) is 2.31. The van der Waals surface area contributed by atoms with Crippen LogP contribution >= 0.6 is 0 Å². The average Bonchev–Trinajstić information content (AvgIpc) is 2.31. The molecule has 0 heterocycles. The van der Waals surface area contributed by atoms with E-state index in [1.165, 1.54) is 0 Å². The molecule has 0 aliphatic carbocycles. The Kier molecular flexibility index (Phi) is 5.45. The van der Waals surface area contributed by atoms with E-state index in [1.54, 1.807) is 12.1 Å². The van der Waals surface area contributed by atoms with Crippen molar-refractivity contribution in [1.82, 2.24) is 0 Å². The second kappa shape index (κ2) is 6.88. The van der Waals surface area contributed by atoms with Gasteiger partial charge in [0.1, 0.15) is 11.8 Å². The molecule has 0 unspecified atom stereocenters. The topological polar surface area (TPSA) is 98.6 Å². The molecule has 0 radical (unpaired) electrons. The van der Waals surface area contributed by atoms with E-state index >= 15 is 0 Å². The van der Waals surface area contributed by atoms with E-state index in [2.05, 4.69) is 0 Å². The summed E-state index contributed by atoms with van der Waals surface area (Å²) in [6, 6.07) is 6.39. The van der Waals surface area contributed by atoms with Crippen molar-refractivity contribution in [2.75, 3.05) is 13.2 Å². The van der Waals surface area contributed by atoms with Crippen LogP contribution in [0.3, 0.4) is 0 Å². The number of nitrogens with two attached hydrogens (primary N) is 2. The van der Waals surface area contributed by atoms with E-state index < -0.39 is 12.0 Å². The Morgan fingerprint density at radius 1 is 1.35 bits per heavy atom. The molecule has 5 N–H and O–H groups in total. The Balaban J connectivity index is 2.47. The zero-order valence-electron chi connectivity index (χ0n) is 9.63. The summed E-state index contributed by atoms with van der Waals surface area (Å²) >= 11 is 0. The first-order valence-corrected chi connectivity index (χ1v) is 5.53. The molecule has 0 spiro atoms. The second-order valence-corrected chi connectivity index (χ2v) is 3.78. The minimum atomic E-state index is -0.992. The van der Waals surface area contributed by atoms with Gasteiger partial charge in [-0.1, -0.05) is 12.1 Å². The predicted octanol–water partition coefficient (Wildman–Crippen LogP) is 0.369. The maximum absolute atomic E-state index is 10.6. The maximum Gasteiger partial charge on any atom is 0.320 e. The number of aliphatic carboxylic acids is 1. The van der Waals surface area contributed by atoms with E-state index in [0.717, 1.165) is 17.7 Å². The molecule has 0 saturated carbocycles. The highest BCUT2D eigenvalue weighted by Crippen LogP contribution is 2.13. The number of hydrogen-bond acceptors (Lipinski definition) is 4. The lowest BCUT2D eigenvalue weighted by Gasteiger charge is -2.08. The Bertz CT molecular complexity index is 351. The lowest BCUT2D eigenvalue weighted by molar-refractivity contribution is -0.138. The summed E-state index contributed by atoms with van der Waals surface area (Å²) in [5, 5.41) is 8.68. The fourth-order valence-electron chi connectivity index (χ4n) is 1.34. The fraction of sp³-hybridized carbons (Fsp3) is 0.417. The number of ether oxygens (including phenoxy) is 1. The van der Waals surface area contributed by atoms with Crippen LogP contribution in [0.15, 0.2) is 24.3 Å². The van der Waals surface area contributed by atoms with Crippen LogP contribution in [0.1, 0.15) is 12.0 Å². The van der Waals surface area contributed by atoms with Crippen molar-refractivity contribution in [3.05, 3.63) is 29.8 Å². The SMILES string of the molecule is NCCCOc1ccc(C[C@H](N)C(=O)O)cc1. The number of hydrogen-bond donors (Lipinski definition) is 3. The molecule has 0 bridgehead atoms. The molecule has 1 aromatic carbocycles. The summed E-state index contributed by atoms with van der Waals surface area (Å²) in [6.07, 6.45) is 1.13. The smallest absolute Gasteiger partial charge is 0.320 e. The van der Waals surface area contributed by atoms with Crippen LogP contribution in [0.25, 0.3) is 0 Å². The van der Waals surface area contributed by atoms with Gasteiger partial charge in [0.25, 0.3) is 0 Å². The quantitative estimate of drug-likeness (QED) is 0.596. The summed E-state index contributed by atoms with van der Waals surface area (Å²) in [5.74, 6) is -0.237. The Morgan fingerprint density at radius 2 is 2.00 bits per heavy atom. The second-order valence-electron chi connectivity index (χ2n) is 3.78. The van der Waals surface area contributed by atoms with E-state index in [-0.39, 0.29) is 0 Å². The molecule has 0 fully saturated rings. The van der Waals surface area contributed by atoms with Crippen LogP contribution in [-0.4, -0.2) is 30.3 Å². The molecule has 0 aliphatic heterocycles. The molecule has 0 aliphatic rings. The molecule has 5 heteroatoms. The monoisotopic (exact) mass is 238 g/mol. The van der Waals surface area contributed by atoms with Gasteiger partial charge in [0.2, 0.25) is 0 Å². The van der Waals surface area contributed by atoms with Crippen molar-refractivity contribution in [1.29, 1.82) is 0 Å². The largest absolute Gasteiger partial charge is 0.494 e. The zero-order valence-corrected chi connectivity index (χ0v) is 9.63. The Morgan fingerprint density at radius 3 is 2.53 bits per heavy atom. The highest BCUT2D eigenvalue weighted by atomic mass is 16.5. The molecule has 0 aromatic heterocycles. The van der Waals surface area contributed by atoms with Gasteiger partial charge in [0.15, 0.2) is 0 Å². The molecule has 17 heavy (non-hydrogen) atoms. The standard InChI is InChI=1S/C12H18N2O3/c13-6-1-7-17-10-4-2-9(3-5-10)8-11(14)12(15)16/h2-5,11H,1,6-8,13-14H2,(H,15,16)/t11-/m0/s1. The fourth-order valence-corrected chi connectivity index (χ4v) is 1.34. The highest BCUT2D eigenvalue weighted by molar-refractivity contribution is 5.73. The molecular formula is C12H18N2O3. The third-order valence-corrected chi connectivity index (χ3v) is 2.31. The van der Waals surface area contributed by atoms with E-state index in [4.69, 9.17) is 21.3 Å². The van der Waals surface area contributed by atoms with Crippen LogP contribution in [0.2, 0.25) is 0 Å². The summed E-state index contributed by atoms with van der Waals surface area (Å²) < 4.78 is 5.43. The number of carbonyl (C=O) groups is 1. The minimum Gasteiger partial charge on any atom is -0.494 e. The van der Waals surface area contributed by atoms with Crippen LogP contribution < -0.4 is 16.2 Å². The summed E-state index contributed by atoms with van der Waals surface area (Å²) in [7, 11) is 0. The van der Waals surface area contributed by atoms with Crippen molar-refractivity contribution < 1.29 is 14.6 Å². The molecular weight excluding hydrogens is 220 g/mol. The van der Waals surface area contributed by atoms with Crippen molar-refractivity contribution in [2.45, 2.75) is 18.9 Å². The van der Waals surface area contributed by atoms with Gasteiger partial charge in [0, 0.05) is 0 Å². The Hall–Kier alpha value is -1.59. The number of rotatable bonds is 7. The molecule has 1 atom stereocenters. The van der Waals surface area contributed by atoms with Gasteiger partial charge in [-0.2, -0.15) is 0 Å². The Labute approximate surface area is 100 Å². The van der Waals surface area contributed by atoms with E-state index in [1.807, 2.05) is 12.1 Å². The van der Waals surface area contributed by atoms with Crippen LogP contribution in [0, 0.1) is 0 Å². The number of carboxylic acids is 1. The molecule has 1 rings (SSSR count). The van der Waals surface area contributed by atoms with Crippen molar-refractivity contribution >= 4 is 5.97 Å². The van der Waals surface area contributed by atoms with E-state index in [9.17, 15) is 4.79 Å². The molecule has 1 aromatic rings. The van der Waals surface area contributed by atoms with Crippen molar-refractivity contribution in [2.24, 2.45) is 11.5 Å². The molecule has 94 valence electrons. The first-order chi connectivity index (χ1) is 8.13. The van der Waals surface area contributed by atoms with Crippen molar-refractivity contribution in [3.8, 4) is 5.75 Å². The van der Waals surface area contributed by atoms with Crippen LogP contribution in [0.4, 0.5) is 0 Å². The number of benzene rings is 1. The van der Waals surface area contributed by atoms with Crippen molar-refractivity contribution in [3.63, 3.8) is 0 Å². The first-order valence-electron chi connectivity index (χ1n) is 5.53. The summed E-state index contributed by atoms with van der Waals surface area (Å²) in [4.78, 5) is 10.6. The van der Waals surface area contributed by atoms with Gasteiger partial charge in [-0.15, -0.1) is 0 Å². The van der Waals surface area contributed by atoms with Crippen LogP contribution in [0.5, 0.6) is 5.75 Å². The van der Waals surface area contributed by atoms with Gasteiger partial charge in [-0.25, -0.2) is 0 Å². The maximum atomic E-state index is 10.6. The average molecular weight is 238 g/mol. The third kappa shape index (κ3) is 4.84. The zero-order chi connectivity index (χ0) is 12.7. The van der Waals surface area contributed by atoms with Gasteiger partial charge in [-0.3, -0.25) is 4.79 Å². The van der Waals surface area contributed by atoms with Gasteiger partial charge in [0.05, 0.1) is 6.61 Å². The molecule has 0 saturated heterocycles. The van der Waals surface area contributed by atoms with Crippen LogP contribution in [-0.2, 0) is 11.2 Å². The summed E-state index contributed by atoms with van der Waals surface area (Å²) in [6.45, 7) is 1.19. The van der Waals surface area contributed by atoms with Gasteiger partial charge < -0.3 is 21.3 Å². The molecule has 5 nitrogen and oxygen atoms in total. The lowest BCUT2D eigenvalue weighted by Crippen LogP contribution is -2.32. The van der Waals surface area contributed by atoms with Gasteiger partial charge >= 0.3 is 5.97 Å². The number of carboxylic acid groups (broad SMARTS) is 1. The van der Waals surface area contributed by atoms with Gasteiger partial charge in [-0.05, 0) is 37.1 Å². The predicted molar refractivity (Wildman–Crippen MR) is 64.9 cm³/mol. The first kappa shape index (κ1) is 13.5. The van der Waals surface area contributed by atoms with E-state index in [0.29, 0.717) is 19.6 Å².